The summed E-state index contributed by atoms with van der Waals surface area (Å²) in [7, 11) is -2.22. The van der Waals surface area contributed by atoms with Crippen LogP contribution in [0.5, 0.6) is 0 Å². The van der Waals surface area contributed by atoms with Crippen molar-refractivity contribution in [3.63, 3.8) is 0 Å². The molecule has 19 rings (SSSR count). The molecule has 0 saturated carbocycles. The Morgan fingerprint density at radius 2 is 0.529 bits per heavy atom. The van der Waals surface area contributed by atoms with Crippen LogP contribution in [0.3, 0.4) is 0 Å². The number of halogens is 3. The minimum Gasteiger partial charge on any atom is -0.399 e. The van der Waals surface area contributed by atoms with Crippen molar-refractivity contribution < 1.29 is 29.7 Å². The standard InChI is InChI=1S/4C18H15P.C11H15BClNO2.C11H7ClN4.C6H4BrN3.Pd/c4*1-4-10-16(11-5-1)19(17-12-6-2-7-13-17)18-14-8-3-9-15-18;1-10(2)11(3,4)16-12(15-10)8-6-5-7-14-9(8)13;12-11-9(2-1-5-13-11)8-3-4-10-14-7-15-16(10)6-8;7-5-1-2-6-8-4-9-10(6)3-5;/h4*1-15H;5-7H,1-4H3;1-7H;1-4H;. The summed E-state index contributed by atoms with van der Waals surface area (Å²) >= 11 is 15.4. The molecule has 0 atom stereocenters. The molecule has 7 heterocycles. The van der Waals surface area contributed by atoms with Crippen LogP contribution in [0.1, 0.15) is 27.7 Å². The fourth-order valence-electron chi connectivity index (χ4n) is 12.6. The third-order valence-electron chi connectivity index (χ3n) is 19.1. The zero-order valence-corrected chi connectivity index (χ0v) is 74.2. The Bertz CT molecular complexity index is 5110. The fraction of sp³-hybridized carbons (Fsp3) is 0.0600. The summed E-state index contributed by atoms with van der Waals surface area (Å²) in [6, 6.07) is 144. The molecule has 592 valence electrons. The summed E-state index contributed by atoms with van der Waals surface area (Å²) in [4.78, 5) is 16.1. The van der Waals surface area contributed by atoms with Gasteiger partial charge in [0.25, 0.3) is 0 Å². The second kappa shape index (κ2) is 45.1. The first-order valence-corrected chi connectivity index (χ1v) is 45.4. The molecule has 6 aromatic heterocycles. The normalized spacial score (nSPS) is 12.1. The summed E-state index contributed by atoms with van der Waals surface area (Å²) in [5.74, 6) is 0. The van der Waals surface area contributed by atoms with Gasteiger partial charge in [-0.05, 0) is 181 Å². The van der Waals surface area contributed by atoms with E-state index >= 15 is 0 Å². The van der Waals surface area contributed by atoms with E-state index in [4.69, 9.17) is 32.5 Å². The first kappa shape index (κ1) is 87.9. The zero-order chi connectivity index (χ0) is 81.6. The molecule has 0 amide bonds. The average molecular weight is 1820 g/mol. The Hall–Kier alpha value is -10.4. The van der Waals surface area contributed by atoms with Crippen molar-refractivity contribution >= 4 is 158 Å². The summed E-state index contributed by atoms with van der Waals surface area (Å²) in [5.41, 5.74) is 3.61. The Kier molecular flexibility index (Phi) is 33.3. The van der Waals surface area contributed by atoms with Crippen LogP contribution in [0.2, 0.25) is 10.3 Å². The molecule has 1 fully saturated rings. The van der Waals surface area contributed by atoms with Gasteiger partial charge in [-0.1, -0.05) is 393 Å². The number of aromatic nitrogens is 8. The topological polar surface area (TPSA) is 105 Å². The second-order valence-electron chi connectivity index (χ2n) is 27.6. The van der Waals surface area contributed by atoms with Crippen LogP contribution in [0.25, 0.3) is 22.4 Å². The van der Waals surface area contributed by atoms with Crippen LogP contribution in [0, 0.1) is 0 Å². The number of nitrogens with zero attached hydrogens (tertiary/aromatic N) is 8. The molecule has 1 saturated heterocycles. The van der Waals surface area contributed by atoms with Crippen molar-refractivity contribution in [2.75, 3.05) is 0 Å². The van der Waals surface area contributed by atoms with E-state index in [0.29, 0.717) is 10.3 Å². The minimum atomic E-state index is -0.446. The van der Waals surface area contributed by atoms with Crippen molar-refractivity contribution in [2.24, 2.45) is 0 Å². The van der Waals surface area contributed by atoms with E-state index in [-0.39, 0.29) is 31.6 Å². The number of hydrogen-bond acceptors (Lipinski definition) is 8. The Morgan fingerprint density at radius 3 is 0.790 bits per heavy atom. The van der Waals surface area contributed by atoms with Gasteiger partial charge in [-0.2, -0.15) is 10.2 Å². The van der Waals surface area contributed by atoms with E-state index in [0.717, 1.165) is 32.4 Å². The molecule has 0 N–H and O–H groups in total. The van der Waals surface area contributed by atoms with Crippen molar-refractivity contribution in [3.8, 4) is 11.1 Å². The van der Waals surface area contributed by atoms with Gasteiger partial charge in [0.1, 0.15) is 23.0 Å². The molecular weight excluding hydrogens is 1740 g/mol. The first-order chi connectivity index (χ1) is 57.8. The van der Waals surface area contributed by atoms with Crippen LogP contribution in [-0.2, 0) is 29.7 Å². The molecule has 10 nitrogen and oxygen atoms in total. The van der Waals surface area contributed by atoms with E-state index in [2.05, 4.69) is 410 Å². The minimum absolute atomic E-state index is 0. The Balaban J connectivity index is 0.000000128. The Morgan fingerprint density at radius 1 is 0.286 bits per heavy atom. The molecule has 1 aliphatic heterocycles. The maximum Gasteiger partial charge on any atom is 0.498 e. The van der Waals surface area contributed by atoms with Gasteiger partial charge < -0.3 is 9.31 Å². The van der Waals surface area contributed by atoms with Crippen LogP contribution in [-0.4, -0.2) is 57.5 Å². The third-order valence-corrected chi connectivity index (χ3v) is 29.9. The number of rotatable bonds is 14. The van der Waals surface area contributed by atoms with E-state index in [1.165, 1.54) is 76.3 Å². The summed E-state index contributed by atoms with van der Waals surface area (Å²) in [6.07, 6.45) is 10.1. The van der Waals surface area contributed by atoms with Gasteiger partial charge in [0.2, 0.25) is 0 Å². The maximum absolute atomic E-state index is 6.03. The van der Waals surface area contributed by atoms with Gasteiger partial charge in [-0.25, -0.2) is 29.0 Å². The van der Waals surface area contributed by atoms with Crippen molar-refractivity contribution in [3.05, 3.63) is 465 Å². The molecule has 119 heavy (non-hydrogen) atoms. The van der Waals surface area contributed by atoms with Crippen LogP contribution in [0.15, 0.2) is 454 Å². The SMILES string of the molecule is Brc1ccc2ncnn2c1.CC1(C)OB(c2cccnc2Cl)OC1(C)C.Clc1ncccc1-c1ccc2ncnn2c1.[Pd].c1ccc(P(c2ccccc2)c2ccccc2)cc1.c1ccc(P(c2ccccc2)c2ccccc2)cc1.c1ccc(P(c2ccccc2)c2ccccc2)cc1.c1ccc(P(c2ccccc2)c2ccccc2)cc1. The quantitative estimate of drug-likeness (QED) is 0.0602. The molecule has 0 unspecified atom stereocenters. The van der Waals surface area contributed by atoms with E-state index in [1.807, 2.05) is 88.6 Å². The summed E-state index contributed by atoms with van der Waals surface area (Å²) in [6.45, 7) is 8.04. The maximum atomic E-state index is 6.03. The molecule has 0 aliphatic carbocycles. The van der Waals surface area contributed by atoms with E-state index in [1.54, 1.807) is 21.4 Å². The monoisotopic (exact) mass is 1820 g/mol. The van der Waals surface area contributed by atoms with Gasteiger partial charge in [0.15, 0.2) is 11.3 Å². The predicted molar refractivity (Wildman–Crippen MR) is 507 cm³/mol. The second-order valence-corrected chi connectivity index (χ2v) is 38.1. The average Bonchev–Trinajstić information content (AvgIpc) is 1.62. The molecule has 19 heteroatoms. The smallest absolute Gasteiger partial charge is 0.399 e. The zero-order valence-electron chi connectivity index (χ0n) is 65.9. The summed E-state index contributed by atoms with van der Waals surface area (Å²) < 4.78 is 16.2. The molecule has 0 radical (unpaired) electrons. The third kappa shape index (κ3) is 24.7. The molecule has 0 bridgehead atoms. The van der Waals surface area contributed by atoms with Crippen molar-refractivity contribution in [2.45, 2.75) is 38.9 Å². The number of benzene rings is 12. The molecular formula is C100H86BBrCl2N8O2P4Pd. The van der Waals surface area contributed by atoms with Gasteiger partial charge in [-0.3, -0.25) is 0 Å². The molecule has 18 aromatic rings. The summed E-state index contributed by atoms with van der Waals surface area (Å²) in [5, 5.41) is 25.7. The van der Waals surface area contributed by atoms with E-state index < -0.39 is 38.8 Å². The van der Waals surface area contributed by atoms with Crippen LogP contribution >= 0.6 is 70.8 Å². The van der Waals surface area contributed by atoms with Gasteiger partial charge in [0.05, 0.1) is 11.2 Å². The van der Waals surface area contributed by atoms with Crippen LogP contribution < -0.4 is 69.1 Å². The van der Waals surface area contributed by atoms with Gasteiger partial charge in [0, 0.05) is 66.3 Å². The largest absolute Gasteiger partial charge is 0.498 e. The number of pyridine rings is 4. The van der Waals surface area contributed by atoms with E-state index in [9.17, 15) is 0 Å². The molecule has 0 spiro atoms. The number of fused-ring (bicyclic) bond motifs is 2. The molecule has 1 aliphatic rings. The van der Waals surface area contributed by atoms with Gasteiger partial charge in [-0.15, -0.1) is 0 Å². The number of hydrogen-bond donors (Lipinski definition) is 0. The van der Waals surface area contributed by atoms with Gasteiger partial charge >= 0.3 is 7.12 Å². The fourth-order valence-corrected chi connectivity index (χ4v) is 22.6. The van der Waals surface area contributed by atoms with Crippen molar-refractivity contribution in [1.29, 1.82) is 0 Å². The predicted octanol–water partition coefficient (Wildman–Crippen LogP) is 19.7. The Labute approximate surface area is 735 Å². The van der Waals surface area contributed by atoms with Crippen LogP contribution in [0.4, 0.5) is 0 Å². The van der Waals surface area contributed by atoms with Crippen molar-refractivity contribution in [1.82, 2.24) is 39.2 Å². The first-order valence-electron chi connectivity index (χ1n) is 38.5. The molecule has 12 aromatic carbocycles.